The molecule has 35 heavy (non-hydrogen) atoms. The molecular weight excluding hydrogens is 445 g/mol. The summed E-state index contributed by atoms with van der Waals surface area (Å²) in [6.45, 7) is 4.23. The zero-order valence-electron chi connectivity index (χ0n) is 20.3. The van der Waals surface area contributed by atoms with Crippen LogP contribution in [0.4, 0.5) is 13.2 Å². The van der Waals surface area contributed by atoms with Gasteiger partial charge in [0.15, 0.2) is 23.2 Å². The summed E-state index contributed by atoms with van der Waals surface area (Å²) in [7, 11) is 0. The van der Waals surface area contributed by atoms with Crippen LogP contribution in [-0.4, -0.2) is 6.61 Å². The van der Waals surface area contributed by atoms with Gasteiger partial charge in [-0.05, 0) is 91.8 Å². The summed E-state index contributed by atoms with van der Waals surface area (Å²) >= 11 is 0. The number of ether oxygens (including phenoxy) is 1. The van der Waals surface area contributed by atoms with Crippen molar-refractivity contribution in [3.8, 4) is 16.9 Å². The Kier molecular flexibility index (Phi) is 8.12. The Bertz CT molecular complexity index is 1220. The summed E-state index contributed by atoms with van der Waals surface area (Å²) in [4.78, 5) is 0. The third-order valence-corrected chi connectivity index (χ3v) is 6.63. The van der Waals surface area contributed by atoms with Crippen LogP contribution < -0.4 is 4.74 Å². The lowest BCUT2D eigenvalue weighted by Crippen LogP contribution is -2.06. The summed E-state index contributed by atoms with van der Waals surface area (Å²) in [6, 6.07) is 16.1. The molecule has 3 aromatic carbocycles. The van der Waals surface area contributed by atoms with Gasteiger partial charge in [0, 0.05) is 5.56 Å². The predicted octanol–water partition coefficient (Wildman–Crippen LogP) is 8.71. The molecule has 4 rings (SSSR count). The summed E-state index contributed by atoms with van der Waals surface area (Å²) in [5.41, 5.74) is 4.32. The van der Waals surface area contributed by atoms with Gasteiger partial charge in [0.05, 0.1) is 6.61 Å². The number of allylic oxidation sites excluding steroid dienone is 4. The molecule has 182 valence electrons. The molecule has 4 heteroatoms. The van der Waals surface area contributed by atoms with E-state index in [1.807, 2.05) is 56.3 Å². The molecule has 0 aromatic heterocycles. The van der Waals surface area contributed by atoms with Crippen molar-refractivity contribution in [3.63, 3.8) is 0 Å². The maximum Gasteiger partial charge on any atom is 0.166 e. The average Bonchev–Trinajstić information content (AvgIpc) is 2.87. The van der Waals surface area contributed by atoms with Crippen LogP contribution in [0.1, 0.15) is 49.8 Å². The number of hydrogen-bond acceptors (Lipinski definition) is 1. The van der Waals surface area contributed by atoms with Gasteiger partial charge in [-0.15, -0.1) is 0 Å². The van der Waals surface area contributed by atoms with Crippen molar-refractivity contribution in [1.29, 1.82) is 0 Å². The van der Waals surface area contributed by atoms with Crippen molar-refractivity contribution in [2.24, 2.45) is 5.92 Å². The zero-order chi connectivity index (χ0) is 24.8. The molecule has 0 saturated carbocycles. The van der Waals surface area contributed by atoms with Gasteiger partial charge in [-0.3, -0.25) is 0 Å². The maximum atomic E-state index is 14.9. The first-order chi connectivity index (χ1) is 17.0. The summed E-state index contributed by atoms with van der Waals surface area (Å²) in [6.07, 6.45) is 9.84. The Morgan fingerprint density at radius 2 is 1.69 bits per heavy atom. The van der Waals surface area contributed by atoms with Gasteiger partial charge < -0.3 is 4.74 Å². The van der Waals surface area contributed by atoms with Crippen molar-refractivity contribution in [2.45, 2.75) is 46.0 Å². The van der Waals surface area contributed by atoms with E-state index in [4.69, 9.17) is 4.74 Å². The Morgan fingerprint density at radius 3 is 2.34 bits per heavy atom. The maximum absolute atomic E-state index is 14.9. The van der Waals surface area contributed by atoms with E-state index in [1.54, 1.807) is 18.2 Å². The number of hydrogen-bond donors (Lipinski definition) is 0. The second-order valence-electron chi connectivity index (χ2n) is 8.96. The van der Waals surface area contributed by atoms with E-state index in [1.165, 1.54) is 6.07 Å². The Hall–Kier alpha value is -3.27. The second-order valence-corrected chi connectivity index (χ2v) is 8.96. The molecule has 1 unspecified atom stereocenters. The number of rotatable bonds is 8. The van der Waals surface area contributed by atoms with Crippen LogP contribution in [0.2, 0.25) is 0 Å². The number of benzene rings is 3. The summed E-state index contributed by atoms with van der Waals surface area (Å²) in [5, 5.41) is 0. The first-order valence-electron chi connectivity index (χ1n) is 12.3. The minimum absolute atomic E-state index is 0.241. The molecule has 0 bridgehead atoms. The molecule has 0 radical (unpaired) electrons. The summed E-state index contributed by atoms with van der Waals surface area (Å²) < 4.78 is 49.2. The molecule has 0 spiro atoms. The number of aryl methyl sites for hydroxylation is 2. The van der Waals surface area contributed by atoms with Gasteiger partial charge in [0.1, 0.15) is 0 Å². The largest absolute Gasteiger partial charge is 0.491 e. The molecule has 1 aliphatic carbocycles. The van der Waals surface area contributed by atoms with Gasteiger partial charge in [-0.25, -0.2) is 13.2 Å². The Labute approximate surface area is 206 Å². The molecule has 0 aliphatic heterocycles. The normalized spacial score (nSPS) is 15.9. The van der Waals surface area contributed by atoms with Crippen molar-refractivity contribution in [2.75, 3.05) is 6.61 Å². The SMILES string of the molecule is CC=CC1CC=C(c2ccc(CCc3ccc(-c4ccc(OCC)c(F)c4)cc3)c(F)c2F)CC1. The first kappa shape index (κ1) is 24.8. The van der Waals surface area contributed by atoms with Crippen LogP contribution in [0.15, 0.2) is 72.8 Å². The van der Waals surface area contributed by atoms with Gasteiger partial charge in [0.25, 0.3) is 0 Å². The van der Waals surface area contributed by atoms with E-state index in [9.17, 15) is 13.2 Å². The highest BCUT2D eigenvalue weighted by Crippen LogP contribution is 2.33. The highest BCUT2D eigenvalue weighted by molar-refractivity contribution is 5.67. The quantitative estimate of drug-likeness (QED) is 0.295. The molecule has 1 atom stereocenters. The van der Waals surface area contributed by atoms with Crippen molar-refractivity contribution in [1.82, 2.24) is 0 Å². The second kappa shape index (κ2) is 11.4. The molecular formula is C31H31F3O. The predicted molar refractivity (Wildman–Crippen MR) is 137 cm³/mol. The lowest BCUT2D eigenvalue weighted by molar-refractivity contribution is 0.321. The van der Waals surface area contributed by atoms with E-state index in [0.717, 1.165) is 41.5 Å². The average molecular weight is 477 g/mol. The van der Waals surface area contributed by atoms with E-state index in [0.29, 0.717) is 36.5 Å². The van der Waals surface area contributed by atoms with Crippen molar-refractivity contribution < 1.29 is 17.9 Å². The highest BCUT2D eigenvalue weighted by Gasteiger charge is 2.19. The molecule has 1 aliphatic rings. The Morgan fingerprint density at radius 1 is 0.914 bits per heavy atom. The van der Waals surface area contributed by atoms with Gasteiger partial charge in [0.2, 0.25) is 0 Å². The van der Waals surface area contributed by atoms with E-state index in [-0.39, 0.29) is 5.75 Å². The van der Waals surface area contributed by atoms with E-state index >= 15 is 0 Å². The van der Waals surface area contributed by atoms with Crippen LogP contribution >= 0.6 is 0 Å². The molecule has 1 nitrogen and oxygen atoms in total. The monoisotopic (exact) mass is 476 g/mol. The van der Waals surface area contributed by atoms with Crippen molar-refractivity contribution in [3.05, 3.63) is 107 Å². The lowest BCUT2D eigenvalue weighted by Gasteiger charge is -2.20. The fraction of sp³-hybridized carbons (Fsp3) is 0.290. The van der Waals surface area contributed by atoms with Crippen LogP contribution in [0.25, 0.3) is 16.7 Å². The molecule has 0 fully saturated rings. The van der Waals surface area contributed by atoms with Crippen LogP contribution in [0, 0.1) is 23.4 Å². The van der Waals surface area contributed by atoms with E-state index in [2.05, 4.69) is 6.08 Å². The lowest BCUT2D eigenvalue weighted by atomic mass is 9.86. The van der Waals surface area contributed by atoms with Crippen LogP contribution in [0.3, 0.4) is 0 Å². The smallest absolute Gasteiger partial charge is 0.166 e. The zero-order valence-corrected chi connectivity index (χ0v) is 20.3. The fourth-order valence-electron chi connectivity index (χ4n) is 4.67. The summed E-state index contributed by atoms with van der Waals surface area (Å²) in [5.74, 6) is -1.16. The van der Waals surface area contributed by atoms with Gasteiger partial charge in [-0.1, -0.05) is 60.7 Å². The number of halogens is 3. The third-order valence-electron chi connectivity index (χ3n) is 6.63. The minimum Gasteiger partial charge on any atom is -0.491 e. The van der Waals surface area contributed by atoms with Gasteiger partial charge >= 0.3 is 0 Å². The standard InChI is InChI=1S/C31H31F3O/c1-3-5-21-8-13-24(14-9-21)27-18-16-25(30(33)31(27)34)15-10-22-6-11-23(12-7-22)26-17-19-29(35-4-2)28(32)20-26/h3,5-7,11-13,16-21H,4,8-10,14-15H2,1-2H3. The third kappa shape index (κ3) is 5.87. The molecule has 0 N–H and O–H groups in total. The van der Waals surface area contributed by atoms with Gasteiger partial charge in [-0.2, -0.15) is 0 Å². The van der Waals surface area contributed by atoms with E-state index < -0.39 is 17.5 Å². The first-order valence-corrected chi connectivity index (χ1v) is 12.3. The molecule has 0 saturated heterocycles. The molecule has 3 aromatic rings. The minimum atomic E-state index is -0.750. The Balaban J connectivity index is 1.42. The fourth-order valence-corrected chi connectivity index (χ4v) is 4.67. The molecule has 0 amide bonds. The topological polar surface area (TPSA) is 9.23 Å². The van der Waals surface area contributed by atoms with Crippen molar-refractivity contribution >= 4 is 5.57 Å². The highest BCUT2D eigenvalue weighted by atomic mass is 19.2. The van der Waals surface area contributed by atoms with Crippen LogP contribution in [0.5, 0.6) is 5.75 Å². The van der Waals surface area contributed by atoms with Crippen LogP contribution in [-0.2, 0) is 12.8 Å². The molecule has 0 heterocycles.